The van der Waals surface area contributed by atoms with Crippen LogP contribution in [0.15, 0.2) is 47.3 Å². The lowest BCUT2D eigenvalue weighted by atomic mass is 9.90. The Morgan fingerprint density at radius 2 is 2.27 bits per heavy atom. The van der Waals surface area contributed by atoms with Crippen LogP contribution in [0, 0.1) is 12.8 Å². The molecule has 7 nitrogen and oxygen atoms in total. The molecule has 3 aromatic rings. The maximum atomic E-state index is 12.8. The summed E-state index contributed by atoms with van der Waals surface area (Å²) in [7, 11) is 1.89. The van der Waals surface area contributed by atoms with Crippen LogP contribution >= 0.6 is 0 Å². The highest BCUT2D eigenvalue weighted by Gasteiger charge is 2.34. The fourth-order valence-electron chi connectivity index (χ4n) is 3.39. The van der Waals surface area contributed by atoms with Crippen LogP contribution in [0.4, 0.5) is 5.69 Å². The first-order valence-electron chi connectivity index (χ1n) is 8.63. The van der Waals surface area contributed by atoms with Gasteiger partial charge in [-0.2, -0.15) is 5.10 Å². The van der Waals surface area contributed by atoms with Crippen molar-refractivity contribution in [3.05, 3.63) is 54.2 Å². The average molecular weight is 351 g/mol. The molecule has 0 radical (unpaired) electrons. The fraction of sp³-hybridized carbons (Fsp3) is 0.316. The summed E-state index contributed by atoms with van der Waals surface area (Å²) < 4.78 is 7.21. The first-order valence-corrected chi connectivity index (χ1v) is 8.63. The van der Waals surface area contributed by atoms with E-state index in [2.05, 4.69) is 20.7 Å². The Bertz CT molecular complexity index is 929. The summed E-state index contributed by atoms with van der Waals surface area (Å²) >= 11 is 0. The Labute approximate surface area is 151 Å². The molecule has 1 fully saturated rings. The maximum Gasteiger partial charge on any atom is 0.229 e. The van der Waals surface area contributed by atoms with Crippen molar-refractivity contribution in [1.82, 2.24) is 20.1 Å². The molecule has 0 saturated carbocycles. The van der Waals surface area contributed by atoms with E-state index >= 15 is 0 Å². The second-order valence-corrected chi connectivity index (χ2v) is 6.68. The van der Waals surface area contributed by atoms with Crippen LogP contribution < -0.4 is 10.6 Å². The molecule has 2 aromatic heterocycles. The Balaban J connectivity index is 1.51. The molecule has 134 valence electrons. The molecule has 0 aliphatic carbocycles. The van der Waals surface area contributed by atoms with Crippen LogP contribution in [-0.4, -0.2) is 33.8 Å². The highest BCUT2D eigenvalue weighted by Crippen LogP contribution is 2.29. The molecule has 0 unspecified atom stereocenters. The van der Waals surface area contributed by atoms with Gasteiger partial charge in [0.15, 0.2) is 0 Å². The monoisotopic (exact) mass is 351 g/mol. The van der Waals surface area contributed by atoms with Crippen molar-refractivity contribution in [3.63, 3.8) is 0 Å². The van der Waals surface area contributed by atoms with Crippen molar-refractivity contribution in [1.29, 1.82) is 0 Å². The molecule has 1 saturated heterocycles. The summed E-state index contributed by atoms with van der Waals surface area (Å²) in [5.74, 6) is 0.548. The van der Waals surface area contributed by atoms with Gasteiger partial charge in [-0.25, -0.2) is 4.98 Å². The third-order valence-corrected chi connectivity index (χ3v) is 4.70. The number of aromatic nitrogens is 3. The van der Waals surface area contributed by atoms with Gasteiger partial charge in [0.1, 0.15) is 6.26 Å². The van der Waals surface area contributed by atoms with Crippen LogP contribution in [0.3, 0.4) is 0 Å². The molecule has 0 spiro atoms. The predicted octanol–water partition coefficient (Wildman–Crippen LogP) is 2.33. The number of carbonyl (C=O) groups is 1. The van der Waals surface area contributed by atoms with Crippen molar-refractivity contribution < 1.29 is 9.21 Å². The van der Waals surface area contributed by atoms with E-state index < -0.39 is 0 Å². The smallest absolute Gasteiger partial charge is 0.229 e. The van der Waals surface area contributed by atoms with E-state index in [1.165, 1.54) is 0 Å². The lowest BCUT2D eigenvalue weighted by Crippen LogP contribution is -2.28. The van der Waals surface area contributed by atoms with Crippen molar-refractivity contribution in [2.24, 2.45) is 13.0 Å². The minimum absolute atomic E-state index is 0.00425. The molecule has 26 heavy (non-hydrogen) atoms. The molecule has 1 amide bonds. The van der Waals surface area contributed by atoms with Gasteiger partial charge >= 0.3 is 0 Å². The number of anilines is 1. The zero-order valence-electron chi connectivity index (χ0n) is 14.8. The van der Waals surface area contributed by atoms with E-state index in [1.54, 1.807) is 10.9 Å². The SMILES string of the molecule is Cc1coc(-c2cccc(NC(=O)[C@H]3CNC[C@@H]3c3cnn(C)c3)c2)n1. The molecule has 7 heteroatoms. The summed E-state index contributed by atoms with van der Waals surface area (Å²) in [4.78, 5) is 17.2. The van der Waals surface area contributed by atoms with E-state index in [0.29, 0.717) is 12.4 Å². The molecule has 1 aliphatic rings. The highest BCUT2D eigenvalue weighted by molar-refractivity contribution is 5.94. The number of benzene rings is 1. The van der Waals surface area contributed by atoms with E-state index in [-0.39, 0.29) is 17.7 Å². The summed E-state index contributed by atoms with van der Waals surface area (Å²) in [5, 5.41) is 10.6. The summed E-state index contributed by atoms with van der Waals surface area (Å²) in [5.41, 5.74) is 3.48. The van der Waals surface area contributed by atoms with E-state index in [9.17, 15) is 4.79 Å². The largest absolute Gasteiger partial charge is 0.444 e. The number of oxazole rings is 1. The average Bonchev–Trinajstić information content (AvgIpc) is 3.35. The zero-order valence-corrected chi connectivity index (χ0v) is 14.8. The van der Waals surface area contributed by atoms with Gasteiger partial charge in [0.2, 0.25) is 11.8 Å². The molecule has 2 N–H and O–H groups in total. The number of aryl methyl sites for hydroxylation is 2. The van der Waals surface area contributed by atoms with Crippen molar-refractivity contribution in [3.8, 4) is 11.5 Å². The van der Waals surface area contributed by atoms with Gasteiger partial charge in [0, 0.05) is 43.5 Å². The summed E-state index contributed by atoms with van der Waals surface area (Å²) in [6, 6.07) is 7.55. The lowest BCUT2D eigenvalue weighted by molar-refractivity contribution is -0.119. The molecular weight excluding hydrogens is 330 g/mol. The third kappa shape index (κ3) is 3.25. The Kier molecular flexibility index (Phi) is 4.30. The lowest BCUT2D eigenvalue weighted by Gasteiger charge is -2.17. The third-order valence-electron chi connectivity index (χ3n) is 4.70. The van der Waals surface area contributed by atoms with Crippen LogP contribution in [0.2, 0.25) is 0 Å². The number of nitrogens with one attached hydrogen (secondary N) is 2. The maximum absolute atomic E-state index is 12.8. The fourth-order valence-corrected chi connectivity index (χ4v) is 3.39. The van der Waals surface area contributed by atoms with Crippen molar-refractivity contribution >= 4 is 11.6 Å². The van der Waals surface area contributed by atoms with E-state index in [4.69, 9.17) is 4.42 Å². The number of hydrogen-bond donors (Lipinski definition) is 2. The molecule has 2 atom stereocenters. The Morgan fingerprint density at radius 3 is 3.00 bits per heavy atom. The van der Waals surface area contributed by atoms with Crippen LogP contribution in [0.25, 0.3) is 11.5 Å². The Hall–Kier alpha value is -2.93. The minimum Gasteiger partial charge on any atom is -0.444 e. The van der Waals surface area contributed by atoms with Gasteiger partial charge in [-0.3, -0.25) is 9.48 Å². The quantitative estimate of drug-likeness (QED) is 0.753. The molecule has 1 aromatic carbocycles. The van der Waals surface area contributed by atoms with Gasteiger partial charge in [0.05, 0.1) is 17.8 Å². The first-order chi connectivity index (χ1) is 12.6. The summed E-state index contributed by atoms with van der Waals surface area (Å²) in [6.45, 7) is 3.31. The molecule has 3 heterocycles. The van der Waals surface area contributed by atoms with Gasteiger partial charge in [-0.15, -0.1) is 0 Å². The normalized spacial score (nSPS) is 19.6. The second kappa shape index (κ2) is 6.76. The van der Waals surface area contributed by atoms with E-state index in [1.807, 2.05) is 50.6 Å². The minimum atomic E-state index is -0.133. The standard InChI is InChI=1S/C19H21N5O2/c1-12-11-26-19(22-12)13-4-3-5-15(6-13)23-18(25)17-9-20-8-16(17)14-7-21-24(2)10-14/h3-7,10-11,16-17,20H,8-9H2,1-2H3,(H,23,25)/t16-,17+/m1/s1. The predicted molar refractivity (Wildman–Crippen MR) is 97.6 cm³/mol. The topological polar surface area (TPSA) is 85.0 Å². The van der Waals surface area contributed by atoms with Crippen molar-refractivity contribution in [2.75, 3.05) is 18.4 Å². The number of hydrogen-bond acceptors (Lipinski definition) is 5. The molecule has 0 bridgehead atoms. The van der Waals surface area contributed by atoms with Gasteiger partial charge in [-0.1, -0.05) is 6.07 Å². The van der Waals surface area contributed by atoms with Gasteiger partial charge in [0.25, 0.3) is 0 Å². The molecular formula is C19H21N5O2. The number of carbonyl (C=O) groups excluding carboxylic acids is 1. The second-order valence-electron chi connectivity index (χ2n) is 6.68. The molecule has 1 aliphatic heterocycles. The highest BCUT2D eigenvalue weighted by atomic mass is 16.3. The van der Waals surface area contributed by atoms with Crippen LogP contribution in [0.1, 0.15) is 17.2 Å². The van der Waals surface area contributed by atoms with Crippen LogP contribution in [-0.2, 0) is 11.8 Å². The Morgan fingerprint density at radius 1 is 1.38 bits per heavy atom. The summed E-state index contributed by atoms with van der Waals surface area (Å²) in [6.07, 6.45) is 5.43. The van der Waals surface area contributed by atoms with Gasteiger partial charge in [-0.05, 0) is 30.7 Å². The zero-order chi connectivity index (χ0) is 18.1. The number of rotatable bonds is 4. The van der Waals surface area contributed by atoms with E-state index in [0.717, 1.165) is 29.1 Å². The number of amides is 1. The van der Waals surface area contributed by atoms with Crippen molar-refractivity contribution in [2.45, 2.75) is 12.8 Å². The first kappa shape index (κ1) is 16.5. The van der Waals surface area contributed by atoms with Gasteiger partial charge < -0.3 is 15.1 Å². The number of nitrogens with zero attached hydrogens (tertiary/aromatic N) is 3. The van der Waals surface area contributed by atoms with Crippen LogP contribution in [0.5, 0.6) is 0 Å². The molecule has 4 rings (SSSR count).